The van der Waals surface area contributed by atoms with Crippen molar-refractivity contribution in [2.75, 3.05) is 12.8 Å². The van der Waals surface area contributed by atoms with Gasteiger partial charge >= 0.3 is 0 Å². The highest BCUT2D eigenvalue weighted by Gasteiger charge is 2.45. The van der Waals surface area contributed by atoms with Gasteiger partial charge in [-0.2, -0.15) is 5.26 Å². The molecule has 3 rings (SSSR count). The number of guanidine groups is 1. The molecule has 2 atom stereocenters. The molecule has 1 unspecified atom stereocenters. The van der Waals surface area contributed by atoms with Crippen LogP contribution in [0.2, 0.25) is 0 Å². The third kappa shape index (κ3) is 3.24. The Morgan fingerprint density at radius 1 is 1.48 bits per heavy atom. The topological polar surface area (TPSA) is 99.5 Å². The van der Waals surface area contributed by atoms with Gasteiger partial charge in [-0.3, -0.25) is 0 Å². The lowest BCUT2D eigenvalue weighted by Gasteiger charge is -2.37. The van der Waals surface area contributed by atoms with Crippen LogP contribution in [0.25, 0.3) is 5.57 Å². The van der Waals surface area contributed by atoms with Crippen molar-refractivity contribution in [2.24, 2.45) is 10.7 Å². The first-order chi connectivity index (χ1) is 11.6. The van der Waals surface area contributed by atoms with Crippen LogP contribution < -0.4 is 5.73 Å². The normalized spacial score (nSPS) is 28.2. The lowest BCUT2D eigenvalue weighted by Crippen LogP contribution is -2.54. The van der Waals surface area contributed by atoms with E-state index in [2.05, 4.69) is 4.99 Å². The van der Waals surface area contributed by atoms with Crippen molar-refractivity contribution in [2.45, 2.75) is 24.1 Å². The van der Waals surface area contributed by atoms with Crippen LogP contribution in [0.3, 0.4) is 0 Å². The van der Waals surface area contributed by atoms with E-state index < -0.39 is 21.4 Å². The van der Waals surface area contributed by atoms with Crippen molar-refractivity contribution in [3.8, 4) is 6.07 Å². The molecule has 9 heteroatoms. The molecule has 0 amide bonds. The van der Waals surface area contributed by atoms with E-state index in [4.69, 9.17) is 11.0 Å². The standard InChI is InChI=1S/C16H17FN4O2S2/c1-16(9-25(22,23)21(2)15(19)20-16)14-6-12(8-24-14)11-3-10(7-18)4-13(17)5-11/h3-5,8,14H,6,9H2,1-2H3,(H2,19,20)/t14?,16-/m0/s1. The molecule has 25 heavy (non-hydrogen) atoms. The van der Waals surface area contributed by atoms with Gasteiger partial charge in [0.25, 0.3) is 0 Å². The first kappa shape index (κ1) is 17.8. The fourth-order valence-corrected chi connectivity index (χ4v) is 5.89. The van der Waals surface area contributed by atoms with Crippen LogP contribution in [0.1, 0.15) is 24.5 Å². The molecular weight excluding hydrogens is 363 g/mol. The second kappa shape index (κ2) is 6.04. The lowest BCUT2D eigenvalue weighted by molar-refractivity contribution is 0.454. The third-order valence-corrected chi connectivity index (χ3v) is 7.85. The van der Waals surface area contributed by atoms with E-state index in [1.807, 2.05) is 11.5 Å². The summed E-state index contributed by atoms with van der Waals surface area (Å²) < 4.78 is 39.3. The maximum Gasteiger partial charge on any atom is 0.239 e. The number of hydrogen-bond acceptors (Lipinski definition) is 6. The Morgan fingerprint density at radius 2 is 2.20 bits per heavy atom. The van der Waals surface area contributed by atoms with Crippen LogP contribution in [-0.2, 0) is 10.0 Å². The molecule has 2 heterocycles. The van der Waals surface area contributed by atoms with Crippen LogP contribution in [0.4, 0.5) is 4.39 Å². The summed E-state index contributed by atoms with van der Waals surface area (Å²) in [5, 5.41) is 10.7. The molecular formula is C16H17FN4O2S2. The average molecular weight is 380 g/mol. The third-order valence-electron chi connectivity index (χ3n) is 4.46. The summed E-state index contributed by atoms with van der Waals surface area (Å²) in [7, 11) is -2.13. The maximum absolute atomic E-state index is 13.7. The number of thioether (sulfide) groups is 1. The van der Waals surface area contributed by atoms with Gasteiger partial charge in [0.1, 0.15) is 5.82 Å². The summed E-state index contributed by atoms with van der Waals surface area (Å²) in [5.74, 6) is -0.637. The zero-order valence-corrected chi connectivity index (χ0v) is 15.4. The second-order valence-electron chi connectivity index (χ2n) is 6.36. The molecule has 0 radical (unpaired) electrons. The predicted molar refractivity (Wildman–Crippen MR) is 96.7 cm³/mol. The quantitative estimate of drug-likeness (QED) is 0.845. The minimum Gasteiger partial charge on any atom is -0.369 e. The highest BCUT2D eigenvalue weighted by molar-refractivity contribution is 8.03. The van der Waals surface area contributed by atoms with Gasteiger partial charge < -0.3 is 5.73 Å². The summed E-state index contributed by atoms with van der Waals surface area (Å²) in [4.78, 5) is 4.41. The molecule has 6 nitrogen and oxygen atoms in total. The van der Waals surface area contributed by atoms with Crippen molar-refractivity contribution >= 4 is 33.3 Å². The Labute approximate surface area is 150 Å². The van der Waals surface area contributed by atoms with Crippen LogP contribution in [-0.4, -0.2) is 42.3 Å². The lowest BCUT2D eigenvalue weighted by atomic mass is 9.92. The van der Waals surface area contributed by atoms with Gasteiger partial charge in [0.2, 0.25) is 16.0 Å². The molecule has 1 aromatic rings. The number of halogens is 1. The molecule has 0 fully saturated rings. The summed E-state index contributed by atoms with van der Waals surface area (Å²) >= 11 is 1.46. The van der Waals surface area contributed by atoms with E-state index in [1.54, 1.807) is 13.0 Å². The summed E-state index contributed by atoms with van der Waals surface area (Å²) in [6.07, 6.45) is 0.519. The minimum atomic E-state index is -3.52. The van der Waals surface area contributed by atoms with Crippen molar-refractivity contribution in [3.05, 3.63) is 40.6 Å². The molecule has 2 N–H and O–H groups in total. The molecule has 0 aliphatic carbocycles. The summed E-state index contributed by atoms with van der Waals surface area (Å²) in [6, 6.07) is 6.12. The zero-order valence-electron chi connectivity index (χ0n) is 13.7. The largest absolute Gasteiger partial charge is 0.369 e. The van der Waals surface area contributed by atoms with Crippen molar-refractivity contribution in [1.29, 1.82) is 5.26 Å². The first-order valence-corrected chi connectivity index (χ1v) is 10.1. The number of hydrogen-bond donors (Lipinski definition) is 1. The first-order valence-electron chi connectivity index (χ1n) is 7.52. The molecule has 0 spiro atoms. The maximum atomic E-state index is 13.7. The molecule has 2 aliphatic heterocycles. The fourth-order valence-electron chi connectivity index (χ4n) is 2.99. The molecule has 1 aromatic carbocycles. The number of aliphatic imine (C=N–C) groups is 1. The van der Waals surface area contributed by atoms with Gasteiger partial charge in [-0.15, -0.1) is 11.8 Å². The number of sulfonamides is 1. The van der Waals surface area contributed by atoms with Gasteiger partial charge in [-0.05, 0) is 48.1 Å². The zero-order chi connectivity index (χ0) is 18.4. The Morgan fingerprint density at radius 3 is 2.84 bits per heavy atom. The van der Waals surface area contributed by atoms with E-state index in [-0.39, 0.29) is 22.5 Å². The van der Waals surface area contributed by atoms with Crippen molar-refractivity contribution in [3.63, 3.8) is 0 Å². The SMILES string of the molecule is CN1C(N)=N[C@](C)(C2CC(c3cc(F)cc(C#N)c3)=CS2)CS1(=O)=O. The summed E-state index contributed by atoms with van der Waals surface area (Å²) in [5.41, 5.74) is 6.65. The number of allylic oxidation sites excluding steroid dienone is 1. The van der Waals surface area contributed by atoms with Gasteiger partial charge in [-0.25, -0.2) is 22.1 Å². The Kier molecular flexibility index (Phi) is 4.29. The molecule has 0 bridgehead atoms. The number of nitriles is 1. The Hall–Kier alpha value is -2.05. The van der Waals surface area contributed by atoms with E-state index in [1.165, 1.54) is 30.9 Å². The second-order valence-corrected chi connectivity index (χ2v) is 9.44. The average Bonchev–Trinajstić information content (AvgIpc) is 3.02. The Balaban J connectivity index is 1.88. The van der Waals surface area contributed by atoms with Crippen molar-refractivity contribution < 1.29 is 12.8 Å². The van der Waals surface area contributed by atoms with Gasteiger partial charge in [0.05, 0.1) is 22.9 Å². The smallest absolute Gasteiger partial charge is 0.239 e. The van der Waals surface area contributed by atoms with E-state index in [9.17, 15) is 12.8 Å². The van der Waals surface area contributed by atoms with Gasteiger partial charge in [0.15, 0.2) is 0 Å². The summed E-state index contributed by atoms with van der Waals surface area (Å²) in [6.45, 7) is 1.77. The minimum absolute atomic E-state index is 0.0275. The number of benzene rings is 1. The van der Waals surface area contributed by atoms with Crippen molar-refractivity contribution in [1.82, 2.24) is 4.31 Å². The number of nitrogens with two attached hydrogens (primary N) is 1. The predicted octanol–water partition coefficient (Wildman–Crippen LogP) is 1.89. The Bertz CT molecular complexity index is 936. The monoisotopic (exact) mass is 380 g/mol. The van der Waals surface area contributed by atoms with Crippen LogP contribution >= 0.6 is 11.8 Å². The highest BCUT2D eigenvalue weighted by atomic mass is 32.2. The van der Waals surface area contributed by atoms with E-state index >= 15 is 0 Å². The molecule has 0 aromatic heterocycles. The van der Waals surface area contributed by atoms with Gasteiger partial charge in [-0.1, -0.05) is 0 Å². The van der Waals surface area contributed by atoms with Crippen LogP contribution in [0, 0.1) is 17.1 Å². The van der Waals surface area contributed by atoms with E-state index in [0.29, 0.717) is 12.0 Å². The van der Waals surface area contributed by atoms with Crippen LogP contribution in [0.5, 0.6) is 0 Å². The molecule has 0 saturated carbocycles. The van der Waals surface area contributed by atoms with Gasteiger partial charge in [0, 0.05) is 12.3 Å². The fraction of sp³-hybridized carbons (Fsp3) is 0.375. The number of nitrogens with zero attached hydrogens (tertiary/aromatic N) is 3. The van der Waals surface area contributed by atoms with Crippen LogP contribution in [0.15, 0.2) is 28.6 Å². The molecule has 0 saturated heterocycles. The number of rotatable bonds is 2. The molecule has 132 valence electrons. The molecule has 2 aliphatic rings. The van der Waals surface area contributed by atoms with E-state index in [0.717, 1.165) is 9.88 Å². The highest BCUT2D eigenvalue weighted by Crippen LogP contribution is 2.44.